The summed E-state index contributed by atoms with van der Waals surface area (Å²) in [6.07, 6.45) is 14.9. The molecule has 0 aliphatic heterocycles. The van der Waals surface area contributed by atoms with Crippen molar-refractivity contribution in [3.05, 3.63) is 234 Å². The summed E-state index contributed by atoms with van der Waals surface area (Å²) in [6.45, 7) is 8.31. The van der Waals surface area contributed by atoms with E-state index in [4.69, 9.17) is 0 Å². The molecular formula is C51H40. The average molecular weight is 653 g/mol. The van der Waals surface area contributed by atoms with Crippen LogP contribution in [0.4, 0.5) is 0 Å². The highest BCUT2D eigenvalue weighted by Crippen LogP contribution is 2.59. The van der Waals surface area contributed by atoms with Crippen LogP contribution in [-0.4, -0.2) is 0 Å². The number of benzene rings is 7. The Morgan fingerprint density at radius 2 is 1.18 bits per heavy atom. The number of fused-ring (bicyclic) bond motifs is 6. The summed E-state index contributed by atoms with van der Waals surface area (Å²) in [5.41, 5.74) is 13.0. The standard InChI is InChI=1S/C51H40/c1-4-18-36(3)37(5-2)19-12-15-22-42-35-49-50(46-28-17-16-27-45(42)46)47-32-31-41(40-30-29-38-20-13-14-21-39(38)33-40)34-48(47)51(49,43-23-8-6-9-24-43)44-25-10-7-11-26-44/h4-35H,3H2,1-2H3/b18-4-,19-12-,22-15+,37-5+. The van der Waals surface area contributed by atoms with Crippen molar-refractivity contribution in [1.82, 2.24) is 0 Å². The number of rotatable bonds is 8. The molecule has 0 spiro atoms. The molecule has 0 radical (unpaired) electrons. The lowest BCUT2D eigenvalue weighted by Crippen LogP contribution is -2.28. The molecule has 0 unspecified atom stereocenters. The third kappa shape index (κ3) is 5.50. The van der Waals surface area contributed by atoms with Crippen molar-refractivity contribution in [2.45, 2.75) is 19.3 Å². The lowest BCUT2D eigenvalue weighted by Gasteiger charge is -2.34. The molecule has 51 heavy (non-hydrogen) atoms. The molecule has 0 nitrogen and oxygen atoms in total. The normalized spacial score (nSPS) is 13.8. The van der Waals surface area contributed by atoms with Crippen LogP contribution < -0.4 is 0 Å². The van der Waals surface area contributed by atoms with Gasteiger partial charge in [-0.2, -0.15) is 0 Å². The molecule has 0 heteroatoms. The summed E-state index contributed by atoms with van der Waals surface area (Å²) in [4.78, 5) is 0. The molecule has 0 saturated carbocycles. The third-order valence-electron chi connectivity index (χ3n) is 10.4. The predicted octanol–water partition coefficient (Wildman–Crippen LogP) is 13.7. The van der Waals surface area contributed by atoms with E-state index < -0.39 is 5.41 Å². The largest absolute Gasteiger partial charge is 0.0912 e. The van der Waals surface area contributed by atoms with Crippen molar-refractivity contribution in [3.8, 4) is 22.3 Å². The molecule has 0 fully saturated rings. The van der Waals surface area contributed by atoms with Gasteiger partial charge in [-0.05, 0) is 115 Å². The Labute approximate surface area is 301 Å². The first kappa shape index (κ1) is 32.0. The first-order valence-corrected chi connectivity index (χ1v) is 17.8. The van der Waals surface area contributed by atoms with Gasteiger partial charge >= 0.3 is 0 Å². The average Bonchev–Trinajstić information content (AvgIpc) is 3.48. The van der Waals surface area contributed by atoms with Crippen LogP contribution in [-0.2, 0) is 5.41 Å². The van der Waals surface area contributed by atoms with Crippen molar-refractivity contribution in [3.63, 3.8) is 0 Å². The summed E-state index contributed by atoms with van der Waals surface area (Å²) in [7, 11) is 0. The first-order chi connectivity index (χ1) is 25.1. The van der Waals surface area contributed by atoms with E-state index >= 15 is 0 Å². The van der Waals surface area contributed by atoms with E-state index in [-0.39, 0.29) is 0 Å². The summed E-state index contributed by atoms with van der Waals surface area (Å²) in [6, 6.07) is 56.1. The Bertz CT molecular complexity index is 2500. The fourth-order valence-electron chi connectivity index (χ4n) is 8.06. The minimum Gasteiger partial charge on any atom is -0.0912 e. The predicted molar refractivity (Wildman–Crippen MR) is 220 cm³/mol. The topological polar surface area (TPSA) is 0 Å². The smallest absolute Gasteiger partial charge is 0.0714 e. The Hall–Kier alpha value is -6.24. The fraction of sp³-hybridized carbons (Fsp3) is 0.0588. The zero-order valence-corrected chi connectivity index (χ0v) is 29.2. The van der Waals surface area contributed by atoms with Crippen LogP contribution in [0.5, 0.6) is 0 Å². The highest BCUT2D eigenvalue weighted by molar-refractivity contribution is 6.07. The van der Waals surface area contributed by atoms with Crippen molar-refractivity contribution < 1.29 is 0 Å². The van der Waals surface area contributed by atoms with E-state index in [1.54, 1.807) is 0 Å². The van der Waals surface area contributed by atoms with Gasteiger partial charge in [0, 0.05) is 0 Å². The highest BCUT2D eigenvalue weighted by atomic mass is 14.5. The fourth-order valence-corrected chi connectivity index (χ4v) is 8.06. The van der Waals surface area contributed by atoms with Gasteiger partial charge in [-0.25, -0.2) is 0 Å². The first-order valence-electron chi connectivity index (χ1n) is 17.8. The van der Waals surface area contributed by atoms with Gasteiger partial charge in [0.25, 0.3) is 0 Å². The molecule has 8 rings (SSSR count). The molecule has 244 valence electrons. The van der Waals surface area contributed by atoms with E-state index in [9.17, 15) is 0 Å². The van der Waals surface area contributed by atoms with E-state index in [0.29, 0.717) is 0 Å². The lowest BCUT2D eigenvalue weighted by atomic mass is 9.67. The Kier molecular flexibility index (Phi) is 8.52. The van der Waals surface area contributed by atoms with Gasteiger partial charge in [0.05, 0.1) is 5.41 Å². The Balaban J connectivity index is 1.39. The summed E-state index contributed by atoms with van der Waals surface area (Å²) < 4.78 is 0. The van der Waals surface area contributed by atoms with Gasteiger partial charge in [0.15, 0.2) is 0 Å². The summed E-state index contributed by atoms with van der Waals surface area (Å²) in [5, 5.41) is 5.01. The van der Waals surface area contributed by atoms with Gasteiger partial charge in [-0.3, -0.25) is 0 Å². The maximum atomic E-state index is 4.23. The molecule has 0 amide bonds. The van der Waals surface area contributed by atoms with Crippen LogP contribution in [0, 0.1) is 0 Å². The molecule has 7 aromatic carbocycles. The molecule has 0 atom stereocenters. The zero-order valence-electron chi connectivity index (χ0n) is 29.2. The molecule has 1 aliphatic carbocycles. The molecule has 1 aliphatic rings. The minimum absolute atomic E-state index is 0.523. The monoisotopic (exact) mass is 652 g/mol. The molecule has 0 aromatic heterocycles. The Morgan fingerprint density at radius 3 is 1.88 bits per heavy atom. The number of hydrogen-bond donors (Lipinski definition) is 0. The van der Waals surface area contributed by atoms with Crippen LogP contribution >= 0.6 is 0 Å². The SMILES string of the molecule is C=C(/C=C\C)C(/C=C\C=C\c1cc2c(c3ccccc13)-c1ccc(-c3ccc4ccccc4c3)cc1C2(c1ccccc1)c1ccccc1)=C/C. The maximum absolute atomic E-state index is 4.23. The van der Waals surface area contributed by atoms with Gasteiger partial charge < -0.3 is 0 Å². The molecular weight excluding hydrogens is 613 g/mol. The van der Waals surface area contributed by atoms with E-state index in [0.717, 1.165) is 11.1 Å². The second-order valence-corrected chi connectivity index (χ2v) is 13.2. The third-order valence-corrected chi connectivity index (χ3v) is 10.4. The van der Waals surface area contributed by atoms with E-state index in [2.05, 4.69) is 196 Å². The summed E-state index contributed by atoms with van der Waals surface area (Å²) >= 11 is 0. The number of hydrogen-bond acceptors (Lipinski definition) is 0. The van der Waals surface area contributed by atoms with Crippen molar-refractivity contribution in [2.75, 3.05) is 0 Å². The van der Waals surface area contributed by atoms with Gasteiger partial charge in [-0.1, -0.05) is 183 Å². The Morgan fingerprint density at radius 1 is 0.549 bits per heavy atom. The van der Waals surface area contributed by atoms with Crippen molar-refractivity contribution in [1.29, 1.82) is 0 Å². The second-order valence-electron chi connectivity index (χ2n) is 13.2. The molecule has 0 saturated heterocycles. The molecule has 0 N–H and O–H groups in total. The molecule has 0 bridgehead atoms. The molecule has 0 heterocycles. The van der Waals surface area contributed by atoms with Crippen LogP contribution in [0.1, 0.15) is 41.7 Å². The van der Waals surface area contributed by atoms with E-state index in [1.165, 1.54) is 71.6 Å². The van der Waals surface area contributed by atoms with Crippen molar-refractivity contribution in [2.24, 2.45) is 0 Å². The quantitative estimate of drug-likeness (QED) is 0.143. The van der Waals surface area contributed by atoms with Crippen LogP contribution in [0.15, 0.2) is 206 Å². The van der Waals surface area contributed by atoms with Crippen LogP contribution in [0.3, 0.4) is 0 Å². The molecule has 7 aromatic rings. The van der Waals surface area contributed by atoms with Gasteiger partial charge in [0.2, 0.25) is 0 Å². The van der Waals surface area contributed by atoms with E-state index in [1.807, 2.05) is 19.1 Å². The van der Waals surface area contributed by atoms with Crippen LogP contribution in [0.2, 0.25) is 0 Å². The minimum atomic E-state index is -0.523. The maximum Gasteiger partial charge on any atom is 0.0714 e. The van der Waals surface area contributed by atoms with Crippen LogP contribution in [0.25, 0.3) is 49.9 Å². The number of allylic oxidation sites excluding steroid dienone is 8. The van der Waals surface area contributed by atoms with Crippen molar-refractivity contribution >= 4 is 27.6 Å². The highest BCUT2D eigenvalue weighted by Gasteiger charge is 2.47. The zero-order chi connectivity index (χ0) is 34.8. The summed E-state index contributed by atoms with van der Waals surface area (Å²) in [5.74, 6) is 0. The lowest BCUT2D eigenvalue weighted by molar-refractivity contribution is 0.769. The van der Waals surface area contributed by atoms with Gasteiger partial charge in [0.1, 0.15) is 0 Å². The second kappa shape index (κ2) is 13.6. The van der Waals surface area contributed by atoms with Gasteiger partial charge in [-0.15, -0.1) is 0 Å².